The second kappa shape index (κ2) is 6.95. The zero-order valence-corrected chi connectivity index (χ0v) is 13.4. The van der Waals surface area contributed by atoms with Crippen molar-refractivity contribution in [2.24, 2.45) is 0 Å². The van der Waals surface area contributed by atoms with Crippen molar-refractivity contribution in [2.75, 3.05) is 6.61 Å². The lowest BCUT2D eigenvalue weighted by atomic mass is 9.98. The molecule has 0 aliphatic carbocycles. The minimum Gasteiger partial charge on any atom is -0.374 e. The van der Waals surface area contributed by atoms with Crippen LogP contribution >= 0.6 is 0 Å². The second-order valence-electron chi connectivity index (χ2n) is 5.89. The van der Waals surface area contributed by atoms with E-state index in [1.807, 2.05) is 42.6 Å². The monoisotopic (exact) mass is 317 g/mol. The normalized spacial score (nSPS) is 16.1. The van der Waals surface area contributed by atoms with E-state index in [1.54, 1.807) is 0 Å². The Bertz CT molecular complexity index is 803. The van der Waals surface area contributed by atoms with Crippen molar-refractivity contribution in [2.45, 2.75) is 19.3 Å². The van der Waals surface area contributed by atoms with E-state index >= 15 is 0 Å². The van der Waals surface area contributed by atoms with E-state index in [1.165, 1.54) is 16.7 Å². The Kier molecular flexibility index (Phi) is 4.36. The van der Waals surface area contributed by atoms with Crippen LogP contribution < -0.4 is 0 Å². The molecule has 3 nitrogen and oxygen atoms in total. The van der Waals surface area contributed by atoms with Gasteiger partial charge in [-0.2, -0.15) is 0 Å². The number of rotatable bonds is 5. The van der Waals surface area contributed by atoms with Gasteiger partial charge < -0.3 is 9.47 Å². The van der Waals surface area contributed by atoms with Gasteiger partial charge in [0.25, 0.3) is 0 Å². The summed E-state index contributed by atoms with van der Waals surface area (Å²) in [5.41, 5.74) is 5.76. The Morgan fingerprint density at radius 2 is 1.83 bits per heavy atom. The third-order valence-corrected chi connectivity index (χ3v) is 4.31. The Labute approximate surface area is 141 Å². The summed E-state index contributed by atoms with van der Waals surface area (Å²) in [7, 11) is 0. The molecule has 0 radical (unpaired) electrons. The van der Waals surface area contributed by atoms with Gasteiger partial charge in [0, 0.05) is 11.8 Å². The molecule has 1 atom stereocenters. The highest BCUT2D eigenvalue weighted by molar-refractivity contribution is 5.66. The Morgan fingerprint density at radius 3 is 2.67 bits per heavy atom. The van der Waals surface area contributed by atoms with E-state index in [-0.39, 0.29) is 6.10 Å². The third kappa shape index (κ3) is 3.09. The number of ether oxygens (including phenoxy) is 2. The highest BCUT2D eigenvalue weighted by Gasteiger charge is 2.26. The quantitative estimate of drug-likeness (QED) is 0.692. The smallest absolute Gasteiger partial charge is 0.107 e. The maximum atomic E-state index is 5.97. The van der Waals surface area contributed by atoms with E-state index in [0.29, 0.717) is 19.8 Å². The lowest BCUT2D eigenvalue weighted by molar-refractivity contribution is -0.0145. The summed E-state index contributed by atoms with van der Waals surface area (Å²) in [5.74, 6) is 0. The molecule has 0 fully saturated rings. The van der Waals surface area contributed by atoms with Crippen LogP contribution in [0, 0.1) is 0 Å². The van der Waals surface area contributed by atoms with Crippen LogP contribution in [-0.2, 0) is 22.7 Å². The first kappa shape index (κ1) is 15.1. The van der Waals surface area contributed by atoms with E-state index in [4.69, 9.17) is 9.47 Å². The molecule has 0 bridgehead atoms. The first-order valence-corrected chi connectivity index (χ1v) is 8.18. The van der Waals surface area contributed by atoms with Gasteiger partial charge in [0.1, 0.15) is 6.10 Å². The molecule has 0 saturated heterocycles. The number of benzene rings is 2. The molecular weight excluding hydrogens is 298 g/mol. The van der Waals surface area contributed by atoms with Gasteiger partial charge in [-0.1, -0.05) is 54.6 Å². The highest BCUT2D eigenvalue weighted by Crippen LogP contribution is 2.36. The van der Waals surface area contributed by atoms with Crippen molar-refractivity contribution < 1.29 is 9.47 Å². The molecule has 0 N–H and O–H groups in total. The Balaban J connectivity index is 1.48. The zero-order chi connectivity index (χ0) is 16.2. The fourth-order valence-corrected chi connectivity index (χ4v) is 3.10. The summed E-state index contributed by atoms with van der Waals surface area (Å²) in [4.78, 5) is 4.47. The predicted molar refractivity (Wildman–Crippen MR) is 93.3 cm³/mol. The SMILES string of the molecule is c1ccc(COCC2OCc3c(-c4ccccn4)cccc32)cc1. The highest BCUT2D eigenvalue weighted by atomic mass is 16.5. The summed E-state index contributed by atoms with van der Waals surface area (Å²) in [5, 5.41) is 0. The van der Waals surface area contributed by atoms with Crippen LogP contribution in [0.4, 0.5) is 0 Å². The fraction of sp³-hybridized carbons (Fsp3) is 0.190. The van der Waals surface area contributed by atoms with Crippen LogP contribution in [0.1, 0.15) is 22.8 Å². The second-order valence-corrected chi connectivity index (χ2v) is 5.89. The van der Waals surface area contributed by atoms with Gasteiger partial charge in [0.2, 0.25) is 0 Å². The number of aromatic nitrogens is 1. The van der Waals surface area contributed by atoms with E-state index < -0.39 is 0 Å². The minimum atomic E-state index is -0.00706. The average molecular weight is 317 g/mol. The minimum absolute atomic E-state index is 0.00706. The fourth-order valence-electron chi connectivity index (χ4n) is 3.10. The summed E-state index contributed by atoms with van der Waals surface area (Å²) < 4.78 is 11.8. The molecule has 1 aliphatic heterocycles. The lowest BCUT2D eigenvalue weighted by Crippen LogP contribution is -2.06. The van der Waals surface area contributed by atoms with Crippen molar-refractivity contribution in [1.29, 1.82) is 0 Å². The number of fused-ring (bicyclic) bond motifs is 1. The molecule has 24 heavy (non-hydrogen) atoms. The summed E-state index contributed by atoms with van der Waals surface area (Å²) in [6.45, 7) is 1.78. The first-order chi connectivity index (χ1) is 11.9. The van der Waals surface area contributed by atoms with Gasteiger partial charge >= 0.3 is 0 Å². The van der Waals surface area contributed by atoms with Crippen LogP contribution in [0.3, 0.4) is 0 Å². The number of nitrogens with zero attached hydrogens (tertiary/aromatic N) is 1. The molecular formula is C21H19NO2. The lowest BCUT2D eigenvalue weighted by Gasteiger charge is -2.12. The zero-order valence-electron chi connectivity index (χ0n) is 13.4. The molecule has 120 valence electrons. The molecule has 1 aliphatic rings. The maximum Gasteiger partial charge on any atom is 0.107 e. The van der Waals surface area contributed by atoms with Crippen LogP contribution in [0.15, 0.2) is 72.9 Å². The van der Waals surface area contributed by atoms with E-state index in [9.17, 15) is 0 Å². The van der Waals surface area contributed by atoms with Crippen LogP contribution in [0.25, 0.3) is 11.3 Å². The molecule has 1 aromatic heterocycles. The van der Waals surface area contributed by atoms with Crippen molar-refractivity contribution in [3.05, 3.63) is 89.6 Å². The van der Waals surface area contributed by atoms with E-state index in [0.717, 1.165) is 11.3 Å². The predicted octanol–water partition coefficient (Wildman–Crippen LogP) is 4.54. The van der Waals surface area contributed by atoms with Gasteiger partial charge in [-0.3, -0.25) is 4.98 Å². The molecule has 2 heterocycles. The largest absolute Gasteiger partial charge is 0.374 e. The van der Waals surface area contributed by atoms with Crippen molar-refractivity contribution in [3.8, 4) is 11.3 Å². The van der Waals surface area contributed by atoms with Crippen LogP contribution in [0.2, 0.25) is 0 Å². The van der Waals surface area contributed by atoms with Gasteiger partial charge in [0.15, 0.2) is 0 Å². The van der Waals surface area contributed by atoms with Crippen LogP contribution in [0.5, 0.6) is 0 Å². The molecule has 3 heteroatoms. The molecule has 0 amide bonds. The van der Waals surface area contributed by atoms with Crippen molar-refractivity contribution in [1.82, 2.24) is 4.98 Å². The number of hydrogen-bond acceptors (Lipinski definition) is 3. The summed E-state index contributed by atoms with van der Waals surface area (Å²) in [6, 6.07) is 22.5. The number of hydrogen-bond donors (Lipinski definition) is 0. The molecule has 4 rings (SSSR count). The average Bonchev–Trinajstić information content (AvgIpc) is 3.07. The summed E-state index contributed by atoms with van der Waals surface area (Å²) >= 11 is 0. The van der Waals surface area contributed by atoms with Crippen molar-refractivity contribution >= 4 is 0 Å². The Hall–Kier alpha value is -2.49. The van der Waals surface area contributed by atoms with Gasteiger partial charge in [-0.25, -0.2) is 0 Å². The van der Waals surface area contributed by atoms with Crippen LogP contribution in [-0.4, -0.2) is 11.6 Å². The molecule has 3 aromatic rings. The molecule has 0 saturated carbocycles. The summed E-state index contributed by atoms with van der Waals surface area (Å²) in [6.07, 6.45) is 1.82. The number of pyridine rings is 1. The molecule has 1 unspecified atom stereocenters. The van der Waals surface area contributed by atoms with Crippen molar-refractivity contribution in [3.63, 3.8) is 0 Å². The third-order valence-electron chi connectivity index (χ3n) is 4.31. The Morgan fingerprint density at radius 1 is 0.958 bits per heavy atom. The van der Waals surface area contributed by atoms with Gasteiger partial charge in [-0.05, 0) is 28.8 Å². The molecule has 2 aromatic carbocycles. The maximum absolute atomic E-state index is 5.97. The van der Waals surface area contributed by atoms with Gasteiger partial charge in [0.05, 0.1) is 25.5 Å². The first-order valence-electron chi connectivity index (χ1n) is 8.18. The standard InChI is InChI=1S/C21H19NO2/c1-2-7-16(8-3-1)13-23-15-21-18-10-6-9-17(19(18)14-24-21)20-11-4-5-12-22-20/h1-12,21H,13-15H2. The molecule has 0 spiro atoms. The topological polar surface area (TPSA) is 31.4 Å². The van der Waals surface area contributed by atoms with E-state index in [2.05, 4.69) is 35.3 Å². The van der Waals surface area contributed by atoms with Gasteiger partial charge in [-0.15, -0.1) is 0 Å².